The lowest BCUT2D eigenvalue weighted by Gasteiger charge is -2.33. The van der Waals surface area contributed by atoms with Crippen LogP contribution in [-0.4, -0.2) is 43.8 Å². The highest BCUT2D eigenvalue weighted by Crippen LogP contribution is 2.35. The number of carbonyl (C=O) groups excluding carboxylic acids is 2. The molecule has 0 aliphatic heterocycles. The van der Waals surface area contributed by atoms with Crippen LogP contribution in [0, 0.1) is 13.8 Å². The summed E-state index contributed by atoms with van der Waals surface area (Å²) in [5, 5.41) is 3.23. The maximum atomic E-state index is 14.1. The molecular weight excluding hydrogens is 581 g/mol. The second kappa shape index (κ2) is 13.3. The third-order valence-electron chi connectivity index (χ3n) is 7.39. The molecule has 3 aromatic rings. The molecule has 0 bridgehead atoms. The molecular formula is C31H35Cl2N3O4S. The van der Waals surface area contributed by atoms with E-state index in [1.54, 1.807) is 31.2 Å². The molecule has 1 fully saturated rings. The molecule has 218 valence electrons. The first kappa shape index (κ1) is 30.9. The minimum atomic E-state index is -4.24. The van der Waals surface area contributed by atoms with Gasteiger partial charge in [-0.1, -0.05) is 89.6 Å². The van der Waals surface area contributed by atoms with Crippen molar-refractivity contribution in [3.05, 3.63) is 93.5 Å². The number of sulfonamides is 1. The van der Waals surface area contributed by atoms with Crippen LogP contribution in [0.2, 0.25) is 10.0 Å². The summed E-state index contributed by atoms with van der Waals surface area (Å²) in [6.45, 7) is 5.02. The number of hydrogen-bond donors (Lipinski definition) is 1. The minimum absolute atomic E-state index is 0.00389. The van der Waals surface area contributed by atoms with Crippen molar-refractivity contribution in [1.82, 2.24) is 10.2 Å². The van der Waals surface area contributed by atoms with Crippen LogP contribution in [-0.2, 0) is 26.2 Å². The van der Waals surface area contributed by atoms with Gasteiger partial charge in [-0.3, -0.25) is 13.9 Å². The molecule has 1 atom stereocenters. The number of carbonyl (C=O) groups is 2. The van der Waals surface area contributed by atoms with Crippen molar-refractivity contribution in [1.29, 1.82) is 0 Å². The lowest BCUT2D eigenvalue weighted by atomic mass is 10.1. The van der Waals surface area contributed by atoms with Crippen molar-refractivity contribution in [3.63, 3.8) is 0 Å². The van der Waals surface area contributed by atoms with E-state index in [4.69, 9.17) is 23.2 Å². The summed E-state index contributed by atoms with van der Waals surface area (Å²) in [6.07, 6.45) is 3.91. The highest BCUT2D eigenvalue weighted by molar-refractivity contribution is 7.92. The molecule has 2 amide bonds. The highest BCUT2D eigenvalue weighted by atomic mass is 35.5. The molecule has 0 unspecified atom stereocenters. The van der Waals surface area contributed by atoms with E-state index >= 15 is 0 Å². The smallest absolute Gasteiger partial charge is 0.264 e. The molecule has 1 aliphatic carbocycles. The fourth-order valence-corrected chi connectivity index (χ4v) is 6.89. The van der Waals surface area contributed by atoms with Crippen molar-refractivity contribution < 1.29 is 18.0 Å². The van der Waals surface area contributed by atoms with E-state index in [-0.39, 0.29) is 39.1 Å². The van der Waals surface area contributed by atoms with E-state index in [9.17, 15) is 18.0 Å². The zero-order valence-electron chi connectivity index (χ0n) is 23.4. The van der Waals surface area contributed by atoms with Crippen LogP contribution in [0.15, 0.2) is 71.6 Å². The molecule has 41 heavy (non-hydrogen) atoms. The zero-order chi connectivity index (χ0) is 29.7. The molecule has 0 saturated heterocycles. The first-order chi connectivity index (χ1) is 19.5. The lowest BCUT2D eigenvalue weighted by molar-refractivity contribution is -0.139. The Labute approximate surface area is 252 Å². The fraction of sp³-hybridized carbons (Fsp3) is 0.355. The van der Waals surface area contributed by atoms with Crippen LogP contribution in [0.5, 0.6) is 0 Å². The van der Waals surface area contributed by atoms with Gasteiger partial charge >= 0.3 is 0 Å². The maximum Gasteiger partial charge on any atom is 0.264 e. The third-order valence-corrected chi connectivity index (χ3v) is 9.97. The Balaban J connectivity index is 1.72. The van der Waals surface area contributed by atoms with E-state index in [1.165, 1.54) is 23.1 Å². The topological polar surface area (TPSA) is 86.8 Å². The normalized spacial score (nSPS) is 14.5. The number of amides is 2. The number of nitrogens with zero attached hydrogens (tertiary/aromatic N) is 2. The van der Waals surface area contributed by atoms with Gasteiger partial charge in [0.2, 0.25) is 11.8 Å². The largest absolute Gasteiger partial charge is 0.352 e. The van der Waals surface area contributed by atoms with Gasteiger partial charge in [0.1, 0.15) is 12.6 Å². The molecule has 0 aromatic heterocycles. The monoisotopic (exact) mass is 615 g/mol. The SMILES string of the molecule is Cc1ccc(S(=O)(=O)N(CC(=O)N(Cc2cccc(C)c2)[C@@H](C)C(=O)NC2CCCC2)c2cccc(Cl)c2Cl)cc1. The van der Waals surface area contributed by atoms with Crippen molar-refractivity contribution in [2.75, 3.05) is 10.8 Å². The standard InChI is InChI=1S/C31H35Cl2N3O4S/c1-21-14-16-26(17-15-21)41(39,40)36(28-13-7-12-27(32)30(28)33)20-29(37)35(19-24-9-6-8-22(2)18-24)23(3)31(38)34-25-10-4-5-11-25/h6-9,12-18,23,25H,4-5,10-11,19-20H2,1-3H3,(H,34,38)/t23-/m0/s1. The third kappa shape index (κ3) is 7.42. The van der Waals surface area contributed by atoms with Crippen LogP contribution in [0.25, 0.3) is 0 Å². The van der Waals surface area contributed by atoms with E-state index in [0.717, 1.165) is 46.7 Å². The second-order valence-corrected chi connectivity index (χ2v) is 13.2. The fourth-order valence-electron chi connectivity index (χ4n) is 5.02. The van der Waals surface area contributed by atoms with Crippen LogP contribution >= 0.6 is 23.2 Å². The van der Waals surface area contributed by atoms with E-state index < -0.39 is 28.5 Å². The summed E-state index contributed by atoms with van der Waals surface area (Å²) in [5.41, 5.74) is 2.80. The zero-order valence-corrected chi connectivity index (χ0v) is 25.8. The summed E-state index contributed by atoms with van der Waals surface area (Å²) in [5.74, 6) is -0.820. The van der Waals surface area contributed by atoms with E-state index in [1.807, 2.05) is 38.1 Å². The van der Waals surface area contributed by atoms with Crippen molar-refractivity contribution in [3.8, 4) is 0 Å². The molecule has 1 aliphatic rings. The average molecular weight is 617 g/mol. The van der Waals surface area contributed by atoms with Gasteiger partial charge in [0.05, 0.1) is 20.6 Å². The minimum Gasteiger partial charge on any atom is -0.352 e. The molecule has 0 spiro atoms. The Morgan fingerprint density at radius 2 is 1.61 bits per heavy atom. The Morgan fingerprint density at radius 3 is 2.27 bits per heavy atom. The van der Waals surface area contributed by atoms with Gasteiger partial charge in [-0.15, -0.1) is 0 Å². The van der Waals surface area contributed by atoms with Crippen molar-refractivity contribution >= 4 is 50.7 Å². The first-order valence-corrected chi connectivity index (χ1v) is 15.9. The van der Waals surface area contributed by atoms with Gasteiger partial charge < -0.3 is 10.2 Å². The summed E-state index contributed by atoms with van der Waals surface area (Å²) < 4.78 is 28.9. The predicted octanol–water partition coefficient (Wildman–Crippen LogP) is 6.28. The van der Waals surface area contributed by atoms with Crippen molar-refractivity contribution in [2.24, 2.45) is 0 Å². The van der Waals surface area contributed by atoms with Gasteiger partial charge in [-0.25, -0.2) is 8.42 Å². The summed E-state index contributed by atoms with van der Waals surface area (Å²) in [7, 11) is -4.24. The van der Waals surface area contributed by atoms with Crippen molar-refractivity contribution in [2.45, 2.75) is 70.0 Å². The Hall–Kier alpha value is -3.07. The summed E-state index contributed by atoms with van der Waals surface area (Å²) in [6, 6.07) is 17.9. The van der Waals surface area contributed by atoms with Crippen LogP contribution < -0.4 is 9.62 Å². The number of aryl methyl sites for hydroxylation is 2. The number of benzene rings is 3. The lowest BCUT2D eigenvalue weighted by Crippen LogP contribution is -2.52. The van der Waals surface area contributed by atoms with Gasteiger partial charge in [0, 0.05) is 12.6 Å². The average Bonchev–Trinajstić information content (AvgIpc) is 3.45. The Morgan fingerprint density at radius 1 is 0.951 bits per heavy atom. The molecule has 1 N–H and O–H groups in total. The molecule has 0 radical (unpaired) electrons. The van der Waals surface area contributed by atoms with Gasteiger partial charge in [0.25, 0.3) is 10.0 Å². The van der Waals surface area contributed by atoms with Crippen LogP contribution in [0.1, 0.15) is 49.3 Å². The number of anilines is 1. The molecule has 1 saturated carbocycles. The second-order valence-electron chi connectivity index (χ2n) is 10.6. The number of hydrogen-bond acceptors (Lipinski definition) is 4. The maximum absolute atomic E-state index is 14.1. The summed E-state index contributed by atoms with van der Waals surface area (Å²) in [4.78, 5) is 28.9. The van der Waals surface area contributed by atoms with E-state index in [0.29, 0.717) is 0 Å². The molecule has 4 rings (SSSR count). The molecule has 3 aromatic carbocycles. The Bertz CT molecular complexity index is 1510. The first-order valence-electron chi connectivity index (χ1n) is 13.7. The van der Waals surface area contributed by atoms with Gasteiger partial charge in [-0.05, 0) is 63.4 Å². The van der Waals surface area contributed by atoms with E-state index in [2.05, 4.69) is 5.32 Å². The van der Waals surface area contributed by atoms with Crippen LogP contribution in [0.3, 0.4) is 0 Å². The number of nitrogens with one attached hydrogen (secondary N) is 1. The number of halogens is 2. The van der Waals surface area contributed by atoms with Gasteiger partial charge in [-0.2, -0.15) is 0 Å². The number of rotatable bonds is 10. The quantitative estimate of drug-likeness (QED) is 0.291. The Kier molecular flexibility index (Phi) is 10.00. The predicted molar refractivity (Wildman–Crippen MR) is 164 cm³/mol. The molecule has 10 heteroatoms. The van der Waals surface area contributed by atoms with Gasteiger partial charge in [0.15, 0.2) is 0 Å². The van der Waals surface area contributed by atoms with Crippen LogP contribution in [0.4, 0.5) is 5.69 Å². The summed E-state index contributed by atoms with van der Waals surface area (Å²) >= 11 is 12.8. The molecule has 0 heterocycles. The highest BCUT2D eigenvalue weighted by Gasteiger charge is 2.34. The molecule has 7 nitrogen and oxygen atoms in total.